The average molecular weight is 242 g/mol. The topological polar surface area (TPSA) is 65.5 Å². The van der Waals surface area contributed by atoms with E-state index in [9.17, 15) is 4.79 Å². The summed E-state index contributed by atoms with van der Waals surface area (Å²) in [6, 6.07) is 8.56. The minimum atomic E-state index is -0.416. The predicted octanol–water partition coefficient (Wildman–Crippen LogP) is 1.55. The van der Waals surface area contributed by atoms with Crippen LogP contribution in [0.2, 0.25) is 0 Å². The molecule has 0 bridgehead atoms. The van der Waals surface area contributed by atoms with Gasteiger partial charge in [0.15, 0.2) is 0 Å². The molecule has 16 heavy (non-hydrogen) atoms. The van der Waals surface area contributed by atoms with Gasteiger partial charge in [-0.15, -0.1) is 12.4 Å². The fourth-order valence-electron chi connectivity index (χ4n) is 1.37. The lowest BCUT2D eigenvalue weighted by molar-refractivity contribution is 0.329. The first kappa shape index (κ1) is 12.5. The molecule has 0 radical (unpaired) electrons. The summed E-state index contributed by atoms with van der Waals surface area (Å²) in [6.07, 6.45) is 0. The van der Waals surface area contributed by atoms with Crippen LogP contribution in [0, 0.1) is 0 Å². The van der Waals surface area contributed by atoms with E-state index in [0.29, 0.717) is 24.5 Å². The first-order valence-electron chi connectivity index (χ1n) is 4.67. The molecule has 2 aromatic rings. The second-order valence-electron chi connectivity index (χ2n) is 3.06. The Kier molecular flexibility index (Phi) is 4.34. The smallest absolute Gasteiger partial charge is 0.339 e. The van der Waals surface area contributed by atoms with Crippen molar-refractivity contribution in [1.82, 2.24) is 0 Å². The average Bonchev–Trinajstić information content (AvgIpc) is 2.25. The van der Waals surface area contributed by atoms with E-state index in [1.54, 1.807) is 12.1 Å². The molecule has 0 amide bonds. The van der Waals surface area contributed by atoms with Gasteiger partial charge in [0.2, 0.25) is 0 Å². The standard InChI is InChI=1S/C11H11NO3.ClH/c12-5-6-14-10-7-11(13)15-9-4-2-1-3-8(9)10;/h1-4,7H,5-6,12H2;1H. The molecule has 4 nitrogen and oxygen atoms in total. The molecule has 0 spiro atoms. The lowest BCUT2D eigenvalue weighted by Crippen LogP contribution is -2.11. The number of rotatable bonds is 3. The molecule has 0 saturated heterocycles. The van der Waals surface area contributed by atoms with Gasteiger partial charge in [-0.05, 0) is 12.1 Å². The van der Waals surface area contributed by atoms with E-state index < -0.39 is 5.63 Å². The van der Waals surface area contributed by atoms with Crippen molar-refractivity contribution in [2.24, 2.45) is 5.73 Å². The normalized spacial score (nSPS) is 9.81. The Bertz CT molecular complexity index is 524. The Morgan fingerprint density at radius 3 is 2.81 bits per heavy atom. The van der Waals surface area contributed by atoms with Crippen LogP contribution in [-0.4, -0.2) is 13.2 Å². The Morgan fingerprint density at radius 1 is 1.31 bits per heavy atom. The minimum Gasteiger partial charge on any atom is -0.491 e. The second-order valence-corrected chi connectivity index (χ2v) is 3.06. The van der Waals surface area contributed by atoms with Gasteiger partial charge in [-0.25, -0.2) is 4.79 Å². The summed E-state index contributed by atoms with van der Waals surface area (Å²) in [5, 5.41) is 0.783. The third-order valence-corrected chi connectivity index (χ3v) is 1.99. The lowest BCUT2D eigenvalue weighted by Gasteiger charge is -2.06. The van der Waals surface area contributed by atoms with Gasteiger partial charge in [0.05, 0.1) is 11.5 Å². The molecule has 0 atom stereocenters. The Hall–Kier alpha value is -1.52. The van der Waals surface area contributed by atoms with Crippen LogP contribution in [0.25, 0.3) is 11.0 Å². The van der Waals surface area contributed by atoms with Gasteiger partial charge < -0.3 is 14.9 Å². The molecule has 86 valence electrons. The van der Waals surface area contributed by atoms with Gasteiger partial charge in [0.25, 0.3) is 0 Å². The van der Waals surface area contributed by atoms with E-state index >= 15 is 0 Å². The molecule has 1 aromatic carbocycles. The second kappa shape index (κ2) is 5.53. The third kappa shape index (κ3) is 2.53. The maximum Gasteiger partial charge on any atom is 0.339 e. The van der Waals surface area contributed by atoms with Crippen LogP contribution in [-0.2, 0) is 0 Å². The van der Waals surface area contributed by atoms with E-state index in [4.69, 9.17) is 14.9 Å². The summed E-state index contributed by atoms with van der Waals surface area (Å²) in [4.78, 5) is 11.2. The molecular weight excluding hydrogens is 230 g/mol. The van der Waals surface area contributed by atoms with Crippen LogP contribution in [0.4, 0.5) is 0 Å². The molecule has 0 unspecified atom stereocenters. The Balaban J connectivity index is 0.00000128. The predicted molar refractivity (Wildman–Crippen MR) is 64.3 cm³/mol. The van der Waals surface area contributed by atoms with Crippen LogP contribution < -0.4 is 16.1 Å². The summed E-state index contributed by atoms with van der Waals surface area (Å²) < 4.78 is 10.4. The van der Waals surface area contributed by atoms with Gasteiger partial charge in [0, 0.05) is 6.54 Å². The number of hydrogen-bond donors (Lipinski definition) is 1. The highest BCUT2D eigenvalue weighted by Gasteiger charge is 2.04. The van der Waals surface area contributed by atoms with Crippen LogP contribution in [0.15, 0.2) is 39.5 Å². The monoisotopic (exact) mass is 241 g/mol. The third-order valence-electron chi connectivity index (χ3n) is 1.99. The van der Waals surface area contributed by atoms with Gasteiger partial charge in [-0.1, -0.05) is 12.1 Å². The van der Waals surface area contributed by atoms with E-state index in [0.717, 1.165) is 5.39 Å². The van der Waals surface area contributed by atoms with Gasteiger partial charge >= 0.3 is 5.63 Å². The van der Waals surface area contributed by atoms with E-state index in [1.165, 1.54) is 6.07 Å². The van der Waals surface area contributed by atoms with Crippen LogP contribution in [0.3, 0.4) is 0 Å². The van der Waals surface area contributed by atoms with Crippen molar-refractivity contribution >= 4 is 23.4 Å². The maximum atomic E-state index is 11.2. The fraction of sp³-hybridized carbons (Fsp3) is 0.182. The number of halogens is 1. The van der Waals surface area contributed by atoms with Gasteiger partial charge in [0.1, 0.15) is 17.9 Å². The molecule has 0 aliphatic carbocycles. The summed E-state index contributed by atoms with van der Waals surface area (Å²) in [6.45, 7) is 0.794. The van der Waals surface area contributed by atoms with Crippen molar-refractivity contribution in [3.63, 3.8) is 0 Å². The summed E-state index contributed by atoms with van der Waals surface area (Å²) >= 11 is 0. The van der Waals surface area contributed by atoms with Crippen molar-refractivity contribution in [1.29, 1.82) is 0 Å². The molecule has 2 rings (SSSR count). The van der Waals surface area contributed by atoms with Crippen LogP contribution >= 0.6 is 12.4 Å². The molecule has 0 aliphatic heterocycles. The van der Waals surface area contributed by atoms with Gasteiger partial charge in [-0.3, -0.25) is 0 Å². The summed E-state index contributed by atoms with van der Waals surface area (Å²) in [5.41, 5.74) is 5.44. The summed E-state index contributed by atoms with van der Waals surface area (Å²) in [7, 11) is 0. The minimum absolute atomic E-state index is 0. The molecule has 5 heteroatoms. The SMILES string of the molecule is Cl.NCCOc1cc(=O)oc2ccccc12. The summed E-state index contributed by atoms with van der Waals surface area (Å²) in [5.74, 6) is 0.521. The highest BCUT2D eigenvalue weighted by molar-refractivity contribution is 5.85. The lowest BCUT2D eigenvalue weighted by atomic mass is 10.2. The van der Waals surface area contributed by atoms with E-state index in [2.05, 4.69) is 0 Å². The Morgan fingerprint density at radius 2 is 2.06 bits per heavy atom. The van der Waals surface area contributed by atoms with Crippen molar-refractivity contribution in [3.8, 4) is 5.75 Å². The molecule has 0 fully saturated rings. The maximum absolute atomic E-state index is 11.2. The zero-order chi connectivity index (χ0) is 10.7. The zero-order valence-electron chi connectivity index (χ0n) is 8.51. The van der Waals surface area contributed by atoms with Gasteiger partial charge in [-0.2, -0.15) is 0 Å². The van der Waals surface area contributed by atoms with Crippen molar-refractivity contribution in [3.05, 3.63) is 40.8 Å². The fourth-order valence-corrected chi connectivity index (χ4v) is 1.37. The number of nitrogens with two attached hydrogens (primary N) is 1. The highest BCUT2D eigenvalue weighted by atomic mass is 35.5. The van der Waals surface area contributed by atoms with E-state index in [1.807, 2.05) is 12.1 Å². The van der Waals surface area contributed by atoms with Crippen LogP contribution in [0.1, 0.15) is 0 Å². The molecule has 2 N–H and O–H groups in total. The Labute approximate surface area is 98.4 Å². The first-order chi connectivity index (χ1) is 7.31. The van der Waals surface area contributed by atoms with E-state index in [-0.39, 0.29) is 12.4 Å². The molecule has 0 saturated carbocycles. The number of fused-ring (bicyclic) bond motifs is 1. The molecule has 1 heterocycles. The number of benzene rings is 1. The first-order valence-corrected chi connectivity index (χ1v) is 4.67. The van der Waals surface area contributed by atoms with Crippen molar-refractivity contribution in [2.45, 2.75) is 0 Å². The zero-order valence-corrected chi connectivity index (χ0v) is 9.33. The highest BCUT2D eigenvalue weighted by Crippen LogP contribution is 2.22. The molecular formula is C11H12ClNO3. The van der Waals surface area contributed by atoms with Crippen molar-refractivity contribution in [2.75, 3.05) is 13.2 Å². The molecule has 0 aliphatic rings. The van der Waals surface area contributed by atoms with Crippen LogP contribution in [0.5, 0.6) is 5.75 Å². The van der Waals surface area contributed by atoms with Crippen molar-refractivity contribution < 1.29 is 9.15 Å². The molecule has 1 aromatic heterocycles. The number of hydrogen-bond acceptors (Lipinski definition) is 4. The quantitative estimate of drug-likeness (QED) is 0.828. The number of ether oxygens (including phenoxy) is 1. The number of para-hydroxylation sites is 1. The largest absolute Gasteiger partial charge is 0.491 e.